The fourth-order valence-corrected chi connectivity index (χ4v) is 3.90. The normalized spacial score (nSPS) is 21.0. The molecule has 6 heteroatoms. The lowest BCUT2D eigenvalue weighted by Crippen LogP contribution is -2.36. The van der Waals surface area contributed by atoms with E-state index in [0.717, 1.165) is 42.9 Å². The smallest absolute Gasteiger partial charge is 0.414 e. The second-order valence-corrected chi connectivity index (χ2v) is 8.68. The van der Waals surface area contributed by atoms with E-state index in [-0.39, 0.29) is 17.5 Å². The monoisotopic (exact) mass is 373 g/mol. The maximum Gasteiger partial charge on any atom is 0.414 e. The number of aryl methyl sites for hydroxylation is 1. The van der Waals surface area contributed by atoms with Gasteiger partial charge in [-0.15, -0.1) is 0 Å². The van der Waals surface area contributed by atoms with Crippen molar-refractivity contribution in [2.45, 2.75) is 47.0 Å². The highest BCUT2D eigenvalue weighted by Gasteiger charge is 2.29. The summed E-state index contributed by atoms with van der Waals surface area (Å²) in [6.07, 6.45) is 2.90. The molecule has 27 heavy (non-hydrogen) atoms. The van der Waals surface area contributed by atoms with Gasteiger partial charge in [0, 0.05) is 24.5 Å². The minimum atomic E-state index is -0.336. The summed E-state index contributed by atoms with van der Waals surface area (Å²) in [4.78, 5) is 28.1. The van der Waals surface area contributed by atoms with E-state index in [1.807, 2.05) is 30.0 Å². The van der Waals surface area contributed by atoms with Crippen molar-refractivity contribution in [2.24, 2.45) is 11.3 Å². The maximum absolute atomic E-state index is 12.8. The zero-order chi connectivity index (χ0) is 19.6. The van der Waals surface area contributed by atoms with Crippen LogP contribution in [-0.4, -0.2) is 43.3 Å². The number of nitrogens with one attached hydrogen (secondary N) is 1. The van der Waals surface area contributed by atoms with Gasteiger partial charge in [-0.3, -0.25) is 4.90 Å². The first-order valence-electron chi connectivity index (χ1n) is 9.86. The summed E-state index contributed by atoms with van der Waals surface area (Å²) in [5.41, 5.74) is 2.75. The van der Waals surface area contributed by atoms with Gasteiger partial charge in [-0.05, 0) is 55.2 Å². The Morgan fingerprint density at radius 2 is 1.96 bits per heavy atom. The summed E-state index contributed by atoms with van der Waals surface area (Å²) in [7, 11) is 0. The number of likely N-dealkylation sites (tertiary alicyclic amines) is 1. The van der Waals surface area contributed by atoms with E-state index in [0.29, 0.717) is 19.1 Å². The number of anilines is 2. The van der Waals surface area contributed by atoms with Crippen LogP contribution in [0.5, 0.6) is 0 Å². The third-order valence-corrected chi connectivity index (χ3v) is 5.78. The average Bonchev–Trinajstić information content (AvgIpc) is 2.87. The molecule has 3 rings (SSSR count). The molecular weight excluding hydrogens is 342 g/mol. The average molecular weight is 373 g/mol. The second-order valence-electron chi connectivity index (χ2n) is 8.68. The predicted molar refractivity (Wildman–Crippen MR) is 107 cm³/mol. The lowest BCUT2D eigenvalue weighted by Gasteiger charge is -2.29. The van der Waals surface area contributed by atoms with Gasteiger partial charge in [-0.25, -0.2) is 9.59 Å². The molecule has 1 N–H and O–H groups in total. The van der Waals surface area contributed by atoms with Crippen LogP contribution >= 0.6 is 0 Å². The molecule has 2 heterocycles. The maximum atomic E-state index is 12.8. The van der Waals surface area contributed by atoms with Gasteiger partial charge in [-0.2, -0.15) is 0 Å². The number of nitrogens with zero attached hydrogens (tertiary/aromatic N) is 2. The van der Waals surface area contributed by atoms with Gasteiger partial charge < -0.3 is 15.0 Å². The quantitative estimate of drug-likeness (QED) is 0.822. The van der Waals surface area contributed by atoms with E-state index in [2.05, 4.69) is 26.1 Å². The van der Waals surface area contributed by atoms with Crippen LogP contribution in [0.4, 0.5) is 21.0 Å². The number of cyclic esters (lactones) is 1. The molecule has 1 atom stereocenters. The first kappa shape index (κ1) is 19.5. The van der Waals surface area contributed by atoms with Crippen LogP contribution in [0.3, 0.4) is 0 Å². The van der Waals surface area contributed by atoms with Gasteiger partial charge in [0.25, 0.3) is 0 Å². The van der Waals surface area contributed by atoms with E-state index in [1.165, 1.54) is 6.42 Å². The lowest BCUT2D eigenvalue weighted by atomic mass is 9.77. The third-order valence-electron chi connectivity index (χ3n) is 5.78. The van der Waals surface area contributed by atoms with Gasteiger partial charge >= 0.3 is 12.1 Å². The number of benzene rings is 1. The molecule has 1 aromatic rings. The summed E-state index contributed by atoms with van der Waals surface area (Å²) in [5, 5.41) is 3.05. The Morgan fingerprint density at radius 1 is 1.19 bits per heavy atom. The fraction of sp³-hybridized carbons (Fsp3) is 0.619. The molecule has 3 amide bonds. The van der Waals surface area contributed by atoms with Crippen molar-refractivity contribution in [3.05, 3.63) is 23.8 Å². The van der Waals surface area contributed by atoms with E-state index < -0.39 is 0 Å². The number of urea groups is 1. The molecule has 2 saturated heterocycles. The Labute approximate surface area is 161 Å². The van der Waals surface area contributed by atoms with Crippen LogP contribution in [-0.2, 0) is 4.74 Å². The predicted octanol–water partition coefficient (Wildman–Crippen LogP) is 4.63. The molecular formula is C21H31N3O3. The Balaban J connectivity index is 1.68. The van der Waals surface area contributed by atoms with Gasteiger partial charge in [0.1, 0.15) is 6.61 Å². The number of hydrogen-bond donors (Lipinski definition) is 1. The standard InChI is InChI=1S/C21H31N3O3/c1-15-7-8-17(24-12-13-27-20(24)26)14-18(15)22-19(25)23-10-5-6-16(9-11-23)21(2,3)4/h7-8,14,16H,5-6,9-13H2,1-4H3,(H,22,25). The largest absolute Gasteiger partial charge is 0.447 e. The Morgan fingerprint density at radius 3 is 2.63 bits per heavy atom. The number of carbonyl (C=O) groups excluding carboxylic acids is 2. The van der Waals surface area contributed by atoms with E-state index in [9.17, 15) is 9.59 Å². The number of rotatable bonds is 2. The third kappa shape index (κ3) is 4.54. The summed E-state index contributed by atoms with van der Waals surface area (Å²) in [6, 6.07) is 5.61. The highest BCUT2D eigenvalue weighted by molar-refractivity contribution is 5.93. The van der Waals surface area contributed by atoms with Crippen molar-refractivity contribution < 1.29 is 14.3 Å². The highest BCUT2D eigenvalue weighted by atomic mass is 16.6. The van der Waals surface area contributed by atoms with Gasteiger partial charge in [-0.1, -0.05) is 26.8 Å². The molecule has 0 aromatic heterocycles. The number of hydrogen-bond acceptors (Lipinski definition) is 3. The van der Waals surface area contributed by atoms with Crippen LogP contribution in [0.1, 0.15) is 45.6 Å². The minimum absolute atomic E-state index is 0.0613. The van der Waals surface area contributed by atoms with E-state index in [4.69, 9.17) is 4.74 Å². The molecule has 0 spiro atoms. The van der Waals surface area contributed by atoms with E-state index >= 15 is 0 Å². The van der Waals surface area contributed by atoms with Crippen LogP contribution in [0.2, 0.25) is 0 Å². The van der Waals surface area contributed by atoms with Gasteiger partial charge in [0.05, 0.1) is 6.54 Å². The molecule has 0 radical (unpaired) electrons. The number of amides is 3. The van der Waals surface area contributed by atoms with Gasteiger partial charge in [0.2, 0.25) is 0 Å². The van der Waals surface area contributed by atoms with Crippen LogP contribution in [0.25, 0.3) is 0 Å². The number of ether oxygens (including phenoxy) is 1. The summed E-state index contributed by atoms with van der Waals surface area (Å²) in [5.74, 6) is 0.640. The second kappa shape index (κ2) is 7.79. The molecule has 2 aliphatic heterocycles. The first-order valence-corrected chi connectivity index (χ1v) is 9.86. The SMILES string of the molecule is Cc1ccc(N2CCOC2=O)cc1NC(=O)N1CCCC(C(C)(C)C)CC1. The Kier molecular flexibility index (Phi) is 5.63. The lowest BCUT2D eigenvalue weighted by molar-refractivity contribution is 0.181. The zero-order valence-corrected chi connectivity index (χ0v) is 16.9. The Hall–Kier alpha value is -2.24. The van der Waals surface area contributed by atoms with Crippen LogP contribution in [0.15, 0.2) is 18.2 Å². The summed E-state index contributed by atoms with van der Waals surface area (Å²) >= 11 is 0. The summed E-state index contributed by atoms with van der Waals surface area (Å²) < 4.78 is 5.01. The van der Waals surface area contributed by atoms with E-state index in [1.54, 1.807) is 4.90 Å². The van der Waals surface area contributed by atoms with Crippen molar-refractivity contribution in [1.29, 1.82) is 0 Å². The molecule has 1 unspecified atom stereocenters. The molecule has 148 valence electrons. The molecule has 2 aliphatic rings. The van der Waals surface area contributed by atoms with Gasteiger partial charge in [0.15, 0.2) is 0 Å². The minimum Gasteiger partial charge on any atom is -0.447 e. The molecule has 0 bridgehead atoms. The fourth-order valence-electron chi connectivity index (χ4n) is 3.90. The molecule has 0 saturated carbocycles. The molecule has 2 fully saturated rings. The number of carbonyl (C=O) groups is 2. The summed E-state index contributed by atoms with van der Waals surface area (Å²) in [6.45, 7) is 11.3. The molecule has 1 aromatic carbocycles. The van der Waals surface area contributed by atoms with Crippen molar-refractivity contribution in [3.8, 4) is 0 Å². The molecule has 6 nitrogen and oxygen atoms in total. The van der Waals surface area contributed by atoms with Crippen molar-refractivity contribution >= 4 is 23.5 Å². The van der Waals surface area contributed by atoms with Crippen molar-refractivity contribution in [3.63, 3.8) is 0 Å². The topological polar surface area (TPSA) is 61.9 Å². The van der Waals surface area contributed by atoms with Crippen LogP contribution < -0.4 is 10.2 Å². The first-order chi connectivity index (χ1) is 12.8. The Bertz CT molecular complexity index is 711. The van der Waals surface area contributed by atoms with Crippen molar-refractivity contribution in [2.75, 3.05) is 36.5 Å². The zero-order valence-electron chi connectivity index (χ0n) is 16.9. The van der Waals surface area contributed by atoms with Crippen LogP contribution in [0, 0.1) is 18.3 Å². The highest BCUT2D eigenvalue weighted by Crippen LogP contribution is 2.34. The van der Waals surface area contributed by atoms with Crippen molar-refractivity contribution in [1.82, 2.24) is 4.90 Å². The molecule has 0 aliphatic carbocycles.